The first kappa shape index (κ1) is 23.1. The molecule has 0 bridgehead atoms. The standard InChI is InChI=1S/C25H25F3N6O/c1-5-15-11-16-22(31-32(4)24(16)14-9-17(26)21(28)18(27)10-14)19(6-2)34(15)25(35)23-20-12-29-7-8-33(20)13(3)30-23/h7-10,12,15,19H,5-6,11H2,1-4H3. The molecular weight excluding hydrogens is 457 g/mol. The minimum atomic E-state index is -1.50. The van der Waals surface area contributed by atoms with E-state index in [4.69, 9.17) is 0 Å². The van der Waals surface area contributed by atoms with Gasteiger partial charge in [0.05, 0.1) is 29.1 Å². The molecule has 1 aromatic carbocycles. The number of halogens is 3. The van der Waals surface area contributed by atoms with Gasteiger partial charge in [-0.2, -0.15) is 5.10 Å². The van der Waals surface area contributed by atoms with Crippen LogP contribution in [-0.2, 0) is 13.5 Å². The first-order chi connectivity index (χ1) is 16.8. The molecule has 0 fully saturated rings. The van der Waals surface area contributed by atoms with Gasteiger partial charge in [-0.05, 0) is 38.3 Å². The summed E-state index contributed by atoms with van der Waals surface area (Å²) in [7, 11) is 1.69. The second-order valence-electron chi connectivity index (χ2n) is 8.83. The zero-order valence-electron chi connectivity index (χ0n) is 19.9. The molecule has 5 rings (SSSR count). The molecule has 4 heterocycles. The first-order valence-corrected chi connectivity index (χ1v) is 11.6. The van der Waals surface area contributed by atoms with Gasteiger partial charge in [-0.15, -0.1) is 0 Å². The molecule has 0 spiro atoms. The van der Waals surface area contributed by atoms with E-state index in [1.165, 1.54) is 0 Å². The molecule has 1 aliphatic heterocycles. The predicted molar refractivity (Wildman–Crippen MR) is 123 cm³/mol. The number of rotatable bonds is 4. The Morgan fingerprint density at radius 1 is 1.14 bits per heavy atom. The maximum absolute atomic E-state index is 14.1. The van der Waals surface area contributed by atoms with Crippen molar-refractivity contribution in [1.29, 1.82) is 0 Å². The van der Waals surface area contributed by atoms with E-state index >= 15 is 0 Å². The average Bonchev–Trinajstić information content (AvgIpc) is 3.36. The zero-order chi connectivity index (χ0) is 25.0. The minimum Gasteiger partial charge on any atom is -0.325 e. The van der Waals surface area contributed by atoms with Crippen molar-refractivity contribution in [3.05, 3.63) is 71.0 Å². The van der Waals surface area contributed by atoms with Gasteiger partial charge in [0.1, 0.15) is 5.82 Å². The van der Waals surface area contributed by atoms with Crippen LogP contribution in [0.5, 0.6) is 0 Å². The van der Waals surface area contributed by atoms with Crippen LogP contribution in [0, 0.1) is 24.4 Å². The quantitative estimate of drug-likeness (QED) is 0.393. The summed E-state index contributed by atoms with van der Waals surface area (Å²) in [4.78, 5) is 24.4. The third-order valence-corrected chi connectivity index (χ3v) is 6.84. The highest BCUT2D eigenvalue weighted by molar-refractivity contribution is 5.99. The summed E-state index contributed by atoms with van der Waals surface area (Å²) in [6.45, 7) is 5.79. The first-order valence-electron chi connectivity index (χ1n) is 11.6. The van der Waals surface area contributed by atoms with Crippen molar-refractivity contribution >= 4 is 11.4 Å². The molecule has 10 heteroatoms. The maximum Gasteiger partial charge on any atom is 0.275 e. The summed E-state index contributed by atoms with van der Waals surface area (Å²) in [6.07, 6.45) is 6.72. The number of benzene rings is 1. The van der Waals surface area contributed by atoms with Crippen LogP contribution in [0.25, 0.3) is 16.8 Å². The fourth-order valence-corrected chi connectivity index (χ4v) is 5.24. The number of hydrogen-bond acceptors (Lipinski definition) is 4. The molecule has 182 valence electrons. The van der Waals surface area contributed by atoms with Crippen LogP contribution in [0.1, 0.15) is 60.3 Å². The van der Waals surface area contributed by atoms with Crippen LogP contribution in [0.3, 0.4) is 0 Å². The molecular formula is C25H25F3N6O. The van der Waals surface area contributed by atoms with Crippen LogP contribution in [-0.4, -0.2) is 41.0 Å². The van der Waals surface area contributed by atoms with E-state index in [9.17, 15) is 18.0 Å². The lowest BCUT2D eigenvalue weighted by Gasteiger charge is -2.41. The number of hydrogen-bond donors (Lipinski definition) is 0. The van der Waals surface area contributed by atoms with Gasteiger partial charge in [0.25, 0.3) is 5.91 Å². The Labute approximate surface area is 200 Å². The van der Waals surface area contributed by atoms with E-state index in [1.54, 1.807) is 30.3 Å². The lowest BCUT2D eigenvalue weighted by atomic mass is 9.87. The molecule has 0 aliphatic carbocycles. The summed E-state index contributed by atoms with van der Waals surface area (Å²) >= 11 is 0. The molecule has 0 N–H and O–H groups in total. The Morgan fingerprint density at radius 3 is 2.51 bits per heavy atom. The van der Waals surface area contributed by atoms with Gasteiger partial charge in [0, 0.05) is 36.6 Å². The van der Waals surface area contributed by atoms with E-state index < -0.39 is 17.5 Å². The lowest BCUT2D eigenvalue weighted by molar-refractivity contribution is 0.0509. The van der Waals surface area contributed by atoms with Crippen LogP contribution in [0.2, 0.25) is 0 Å². The fraction of sp³-hybridized carbons (Fsp3) is 0.360. The molecule has 2 atom stereocenters. The number of aryl methyl sites for hydroxylation is 2. The monoisotopic (exact) mass is 482 g/mol. The van der Waals surface area contributed by atoms with E-state index in [-0.39, 0.29) is 23.6 Å². The van der Waals surface area contributed by atoms with Crippen molar-refractivity contribution in [2.45, 2.75) is 52.1 Å². The van der Waals surface area contributed by atoms with E-state index in [0.717, 1.165) is 17.7 Å². The molecule has 0 saturated carbocycles. The van der Waals surface area contributed by atoms with Gasteiger partial charge < -0.3 is 9.30 Å². The topological polar surface area (TPSA) is 68.3 Å². The second-order valence-corrected chi connectivity index (χ2v) is 8.83. The number of carbonyl (C=O) groups is 1. The molecule has 2 unspecified atom stereocenters. The Morgan fingerprint density at radius 2 is 1.86 bits per heavy atom. The molecule has 4 aromatic rings. The van der Waals surface area contributed by atoms with Crippen molar-refractivity contribution in [2.75, 3.05) is 0 Å². The summed E-state index contributed by atoms with van der Waals surface area (Å²) in [5, 5.41) is 4.67. The predicted octanol–water partition coefficient (Wildman–Crippen LogP) is 4.78. The lowest BCUT2D eigenvalue weighted by Crippen LogP contribution is -2.47. The molecule has 7 nitrogen and oxygen atoms in total. The molecule has 1 aliphatic rings. The third-order valence-electron chi connectivity index (χ3n) is 6.84. The number of aromatic nitrogens is 5. The molecule has 0 saturated heterocycles. The Hall–Kier alpha value is -3.69. The van der Waals surface area contributed by atoms with E-state index in [1.807, 2.05) is 30.1 Å². The van der Waals surface area contributed by atoms with Crippen LogP contribution >= 0.6 is 0 Å². The van der Waals surface area contributed by atoms with Gasteiger partial charge >= 0.3 is 0 Å². The van der Waals surface area contributed by atoms with Gasteiger partial charge in [-0.25, -0.2) is 18.2 Å². The highest BCUT2D eigenvalue weighted by Gasteiger charge is 2.41. The summed E-state index contributed by atoms with van der Waals surface area (Å²) in [5.74, 6) is -3.53. The summed E-state index contributed by atoms with van der Waals surface area (Å²) < 4.78 is 45.1. The second kappa shape index (κ2) is 8.51. The molecule has 0 radical (unpaired) electrons. The van der Waals surface area contributed by atoms with Crippen molar-refractivity contribution in [2.24, 2.45) is 7.05 Å². The zero-order valence-corrected chi connectivity index (χ0v) is 19.9. The van der Waals surface area contributed by atoms with Crippen LogP contribution < -0.4 is 0 Å². The van der Waals surface area contributed by atoms with Gasteiger partial charge in [-0.1, -0.05) is 13.8 Å². The number of nitrogens with zero attached hydrogens (tertiary/aromatic N) is 6. The van der Waals surface area contributed by atoms with Crippen molar-refractivity contribution in [1.82, 2.24) is 29.0 Å². The minimum absolute atomic E-state index is 0.188. The number of carbonyl (C=O) groups excluding carboxylic acids is 1. The Kier molecular flexibility index (Phi) is 5.61. The average molecular weight is 483 g/mol. The fourth-order valence-electron chi connectivity index (χ4n) is 5.24. The molecule has 3 aromatic heterocycles. The largest absolute Gasteiger partial charge is 0.325 e. The third kappa shape index (κ3) is 3.50. The maximum atomic E-state index is 14.1. The summed E-state index contributed by atoms with van der Waals surface area (Å²) in [6, 6.07) is 1.43. The van der Waals surface area contributed by atoms with E-state index in [2.05, 4.69) is 15.1 Å². The highest BCUT2D eigenvalue weighted by Crippen LogP contribution is 2.41. The van der Waals surface area contributed by atoms with Gasteiger partial charge in [0.15, 0.2) is 23.1 Å². The van der Waals surface area contributed by atoms with Crippen molar-refractivity contribution in [3.63, 3.8) is 0 Å². The number of fused-ring (bicyclic) bond motifs is 2. The van der Waals surface area contributed by atoms with Crippen molar-refractivity contribution < 1.29 is 18.0 Å². The normalized spacial score (nSPS) is 17.7. The molecule has 35 heavy (non-hydrogen) atoms. The van der Waals surface area contributed by atoms with Gasteiger partial charge in [-0.3, -0.25) is 14.5 Å². The number of imidazole rings is 1. The van der Waals surface area contributed by atoms with Gasteiger partial charge in [0.2, 0.25) is 0 Å². The smallest absolute Gasteiger partial charge is 0.275 e. The van der Waals surface area contributed by atoms with Crippen LogP contribution in [0.4, 0.5) is 13.2 Å². The Bertz CT molecular complexity index is 1440. The van der Waals surface area contributed by atoms with Crippen LogP contribution in [0.15, 0.2) is 30.7 Å². The van der Waals surface area contributed by atoms with Crippen molar-refractivity contribution in [3.8, 4) is 11.3 Å². The molecule has 1 amide bonds. The van der Waals surface area contributed by atoms with E-state index in [0.29, 0.717) is 47.7 Å². The summed E-state index contributed by atoms with van der Waals surface area (Å²) in [5.41, 5.74) is 3.18. The number of amides is 1. The highest BCUT2D eigenvalue weighted by atomic mass is 19.2. The SMILES string of the molecule is CCC1Cc2c(nn(C)c2-c2cc(F)c(F)c(F)c2)C(CC)N1C(=O)c1nc(C)n2ccncc12. The Balaban J connectivity index is 1.64.